The van der Waals surface area contributed by atoms with Gasteiger partial charge in [0, 0.05) is 34.4 Å². The van der Waals surface area contributed by atoms with E-state index >= 15 is 0 Å². The predicted molar refractivity (Wildman–Crippen MR) is 528 cm³/mol. The average molecular weight is 2020 g/mol. The van der Waals surface area contributed by atoms with Crippen LogP contribution in [0.25, 0.3) is 74.0 Å². The summed E-state index contributed by atoms with van der Waals surface area (Å²) in [7, 11) is 7.50. The van der Waals surface area contributed by atoms with Crippen molar-refractivity contribution < 1.29 is 81.6 Å². The SMILES string of the molecule is CCOC(=O)c1ncn2c1CNC(=O)c1ccccc1-2.CCOC(=O)c1ncn2c1Cn1c(Br)nnc1-c1ccccc1-2.CCOC(=O)c1ncn2c1Cn1c(Oc3cccc(OC)c3)nnc1-c1ccccc1-2.CCOC(=O)c1ncn2c1Cn1c(Oc3ccccc3)nnc1-c1ccccc1-2.CCOC(=O)c1ncn2c1Cn1cnnc1-c1ccccc1-2.COc1cccc(O)c1.Oc1ccccc1.[B]=NS. The fourth-order valence-corrected chi connectivity index (χ4v) is 16.2. The number of carbonyl (C=O) groups is 6. The summed E-state index contributed by atoms with van der Waals surface area (Å²) in [4.78, 5) is 94.4. The standard InChI is InChI=1S/C22H19N5O4.C21H17N5O3.C15H12BrN5O2.C15H13N5O2.C14H13N3O3.C7H8O2.C6H6O.BHNS/c1-3-30-21(28)19-18-12-26-20(16-9-4-5-10-17(16)27(18)13-23-19)24-25-22(26)31-15-8-6-7-14(11-15)29-2;1-2-28-20(27)18-17-12-25-19(15-10-6-7-11-16(15)26(17)13-22-18)23-24-21(25)29-14-8-4-3-5-9-14;1-2-23-14(22)12-11-7-20-13(18-19-15(20)16)9-5-3-4-6-10(9)21(11)8-17-12;1-2-22-15(21)13-12-7-19-9-17-18-14(19)10-5-3-4-6-11(10)20(12)8-16-13;1-2-20-14(19)12-11-7-15-13(18)9-5-3-4-6-10(9)17(11)8-16-12;1-9-7-4-2-3-6(8)5-7;7-6-4-2-1-3-5-6;1-2-3/h4-11,13H,3,12H2,1-2H3;3-11,13H,2,12H2,1H3;3-6,8H,2,7H2,1H3;3-6,8-9H,2,7H2,1H3;3-6,8H,2,7H2,1H3,(H,15,18);2-5,8H,1H3;1-5,7H;3H. The van der Waals surface area contributed by atoms with Gasteiger partial charge in [0.05, 0.1) is 142 Å². The number of rotatable bonds is 16. The Morgan fingerprint density at radius 1 is 0.368 bits per heavy atom. The van der Waals surface area contributed by atoms with Gasteiger partial charge in [-0.2, -0.15) is 0 Å². The Labute approximate surface area is 836 Å². The van der Waals surface area contributed by atoms with E-state index in [4.69, 9.17) is 52.8 Å². The Balaban J connectivity index is 0.000000124. The number of aromatic hydroxyl groups is 2. The van der Waals surface area contributed by atoms with Crippen LogP contribution in [0.1, 0.15) is 126 Å². The summed E-state index contributed by atoms with van der Waals surface area (Å²) in [6, 6.07) is 71.0. The van der Waals surface area contributed by atoms with E-state index in [1.54, 1.807) is 158 Å². The van der Waals surface area contributed by atoms with Crippen LogP contribution in [0.2, 0.25) is 0 Å². The maximum absolute atomic E-state index is 12.5. The molecule has 3 N–H and O–H groups in total. The van der Waals surface area contributed by atoms with Crippen molar-refractivity contribution >= 4 is 72.1 Å². The Morgan fingerprint density at radius 2 is 0.688 bits per heavy atom. The number of thiol groups is 1. The van der Waals surface area contributed by atoms with Gasteiger partial charge in [-0.3, -0.25) is 41.3 Å². The van der Waals surface area contributed by atoms with E-state index in [9.17, 15) is 28.8 Å². The number of carbonyl (C=O) groups excluding carboxylic acids is 6. The number of hydrogen-bond donors (Lipinski definition) is 4. The third-order valence-electron chi connectivity index (χ3n) is 22.1. The van der Waals surface area contributed by atoms with Crippen molar-refractivity contribution in [2.75, 3.05) is 47.3 Å². The quantitative estimate of drug-likeness (QED) is 0.0302. The van der Waals surface area contributed by atoms with Crippen molar-refractivity contribution in [1.29, 1.82) is 0 Å². The predicted octanol–water partition coefficient (Wildman–Crippen LogP) is 15.3. The van der Waals surface area contributed by atoms with Crippen molar-refractivity contribution in [2.45, 2.75) is 67.3 Å². The molecule has 18 aromatic rings. The van der Waals surface area contributed by atoms with E-state index in [1.165, 1.54) is 0 Å². The van der Waals surface area contributed by atoms with Gasteiger partial charge in [0.15, 0.2) is 51.8 Å². The van der Waals surface area contributed by atoms with E-state index in [-0.39, 0.29) is 61.6 Å². The number of methoxy groups -OCH3 is 2. The molecule has 5 aliphatic heterocycles. The Bertz CT molecular complexity index is 7680. The number of benzene rings is 9. The van der Waals surface area contributed by atoms with Crippen LogP contribution in [0.5, 0.6) is 46.5 Å². The van der Waals surface area contributed by atoms with Gasteiger partial charge < -0.3 is 62.7 Å². The molecule has 41 nitrogen and oxygen atoms in total. The van der Waals surface area contributed by atoms with Crippen molar-refractivity contribution in [3.05, 3.63) is 336 Å². The zero-order valence-electron chi connectivity index (χ0n) is 78.2. The molecular weight excluding hydrogens is 1930 g/mol. The second-order valence-electron chi connectivity index (χ2n) is 30.7. The number of phenolic OH excluding ortho intramolecular Hbond substituents is 2. The Morgan fingerprint density at radius 3 is 1.09 bits per heavy atom. The first-order valence-corrected chi connectivity index (χ1v) is 45.9. The first-order chi connectivity index (χ1) is 70.3. The zero-order valence-corrected chi connectivity index (χ0v) is 80.7. The third kappa shape index (κ3) is 21.5. The van der Waals surface area contributed by atoms with E-state index in [1.807, 2.05) is 200 Å². The summed E-state index contributed by atoms with van der Waals surface area (Å²) < 4.78 is 67.8. The molecule has 0 fully saturated rings. The number of halogens is 1. The van der Waals surface area contributed by atoms with Gasteiger partial charge in [0.25, 0.3) is 5.91 Å². The van der Waals surface area contributed by atoms with Crippen LogP contribution in [-0.4, -0.2) is 208 Å². The van der Waals surface area contributed by atoms with Crippen LogP contribution >= 0.6 is 28.7 Å². The van der Waals surface area contributed by atoms with Crippen LogP contribution < -0.4 is 24.3 Å². The van der Waals surface area contributed by atoms with Gasteiger partial charge in [-0.05, 0) is 160 Å². The molecule has 0 unspecified atom stereocenters. The molecule has 5 aliphatic rings. The Kier molecular flexibility index (Phi) is 31.7. The molecule has 1 amide bonds. The molecule has 9 aromatic heterocycles. The van der Waals surface area contributed by atoms with Crippen molar-refractivity contribution in [3.63, 3.8) is 0 Å². The van der Waals surface area contributed by atoms with Crippen LogP contribution in [0, 0.1) is 0 Å². The fraction of sp³-hybridized carbons (Fsp3) is 0.170. The maximum atomic E-state index is 12.5. The number of ether oxygens (including phenoxy) is 9. The molecule has 727 valence electrons. The molecule has 9 aromatic carbocycles. The molecule has 0 saturated carbocycles. The molecule has 23 rings (SSSR count). The van der Waals surface area contributed by atoms with Crippen LogP contribution in [0.4, 0.5) is 0 Å². The summed E-state index contributed by atoms with van der Waals surface area (Å²) in [5, 5.41) is 54.0. The van der Waals surface area contributed by atoms with E-state index in [2.05, 4.69) is 112 Å². The number of esters is 5. The third-order valence-corrected chi connectivity index (χ3v) is 22.7. The number of nitrogens with zero attached hydrogens (tertiary/aromatic N) is 23. The van der Waals surface area contributed by atoms with Gasteiger partial charge in [0.1, 0.15) is 72.5 Å². The molecule has 0 bridgehead atoms. The minimum atomic E-state index is -0.477. The first kappa shape index (κ1) is 98.9. The summed E-state index contributed by atoms with van der Waals surface area (Å²) in [6.45, 7) is 12.0. The Hall–Kier alpha value is -18.1. The van der Waals surface area contributed by atoms with E-state index < -0.39 is 29.8 Å². The topological polar surface area (TPSA) is 462 Å². The number of aromatic nitrogens is 22. The van der Waals surface area contributed by atoms with Crippen LogP contribution in [0.3, 0.4) is 0 Å². The number of phenols is 2. The normalized spacial score (nSPS) is 11.5. The number of nitrogens with one attached hydrogen (secondary N) is 1. The second-order valence-corrected chi connectivity index (χ2v) is 31.7. The van der Waals surface area contributed by atoms with Gasteiger partial charge >= 0.3 is 66.6 Å². The minimum absolute atomic E-state index is 0.167. The molecule has 144 heavy (non-hydrogen) atoms. The summed E-state index contributed by atoms with van der Waals surface area (Å²) in [5.74, 6) is 3.50. The zero-order chi connectivity index (χ0) is 101. The molecule has 14 heterocycles. The van der Waals surface area contributed by atoms with Crippen molar-refractivity contribution in [1.82, 2.24) is 112 Å². The van der Waals surface area contributed by atoms with Gasteiger partial charge in [-0.1, -0.05) is 119 Å². The summed E-state index contributed by atoms with van der Waals surface area (Å²) in [5.41, 5.74) is 13.3. The molecule has 44 heteroatoms. The average Bonchev–Trinajstić information content (AvgIpc) is 1.60. The number of fused-ring (bicyclic) bond motifs is 23. The van der Waals surface area contributed by atoms with Gasteiger partial charge in [-0.15, -0.1) is 30.6 Å². The van der Waals surface area contributed by atoms with Gasteiger partial charge in [-0.25, -0.2) is 48.9 Å². The van der Waals surface area contributed by atoms with Crippen LogP contribution in [0.15, 0.2) is 278 Å². The van der Waals surface area contributed by atoms with Crippen molar-refractivity contribution in [3.8, 4) is 121 Å². The molecule has 0 atom stereocenters. The number of imidazole rings is 5. The second kappa shape index (κ2) is 46.1. The summed E-state index contributed by atoms with van der Waals surface area (Å²) >= 11 is 6.61. The summed E-state index contributed by atoms with van der Waals surface area (Å²) in [6.07, 6.45) is 9.76. The van der Waals surface area contributed by atoms with E-state index in [0.717, 1.165) is 68.0 Å². The fourth-order valence-electron chi connectivity index (χ4n) is 15.8. The van der Waals surface area contributed by atoms with Crippen molar-refractivity contribution in [2.24, 2.45) is 4.30 Å². The molecule has 0 saturated heterocycles. The van der Waals surface area contributed by atoms with Crippen LogP contribution in [-0.2, 0) is 56.4 Å². The van der Waals surface area contributed by atoms with Gasteiger partial charge in [0.2, 0.25) is 4.73 Å². The first-order valence-electron chi connectivity index (χ1n) is 44.7. The van der Waals surface area contributed by atoms with E-state index in [0.29, 0.717) is 130 Å². The molecular formula is C100H89BBrN24O17S. The molecule has 0 aliphatic carbocycles. The molecule has 0 spiro atoms. The number of amides is 1. The number of para-hydroxylation sites is 7. The monoisotopic (exact) mass is 2020 g/mol. The molecule has 1 radical (unpaired) electrons. The number of hydrogen-bond acceptors (Lipinski definition) is 32.